The summed E-state index contributed by atoms with van der Waals surface area (Å²) < 4.78 is 0. The molecule has 0 spiro atoms. The molecule has 0 bridgehead atoms. The standard InChI is InChI=1S/C30H38N4O3S/c1-20(22-9-4-3-5-10-22)31-29(36)27-23-11-6-7-12-25(23)32-28(26-13-8-18-38-26)24(27)19-33-14-16-34(17-15-33)30(37)21(2)35/h6-8,11-13,18,20-22,35H,3-5,9-10,14-17,19H2,1-2H3,(H,31,36)/t20-,21-/m0/s1. The molecule has 1 saturated heterocycles. The van der Waals surface area contributed by atoms with Gasteiger partial charge in [-0.05, 0) is 50.1 Å². The summed E-state index contributed by atoms with van der Waals surface area (Å²) in [6.07, 6.45) is 5.11. The van der Waals surface area contributed by atoms with Crippen LogP contribution in [-0.4, -0.2) is 70.0 Å². The number of nitrogens with one attached hydrogen (secondary N) is 1. The van der Waals surface area contributed by atoms with E-state index in [1.807, 2.05) is 35.7 Å². The van der Waals surface area contributed by atoms with Gasteiger partial charge >= 0.3 is 0 Å². The summed E-state index contributed by atoms with van der Waals surface area (Å²) in [4.78, 5) is 36.5. The number of rotatable bonds is 7. The van der Waals surface area contributed by atoms with Crippen LogP contribution in [0.15, 0.2) is 41.8 Å². The molecule has 8 heteroatoms. The summed E-state index contributed by atoms with van der Waals surface area (Å²) in [5, 5.41) is 16.0. The van der Waals surface area contributed by atoms with Crippen molar-refractivity contribution in [3.63, 3.8) is 0 Å². The van der Waals surface area contributed by atoms with Crippen molar-refractivity contribution in [3.8, 4) is 10.6 Å². The van der Waals surface area contributed by atoms with Gasteiger partial charge in [0.1, 0.15) is 6.10 Å². The summed E-state index contributed by atoms with van der Waals surface area (Å²) in [6.45, 7) is 6.70. The van der Waals surface area contributed by atoms with Crippen LogP contribution in [0.2, 0.25) is 0 Å². The van der Waals surface area contributed by atoms with Gasteiger partial charge in [0.05, 0.1) is 21.7 Å². The zero-order chi connectivity index (χ0) is 26.6. The predicted octanol–water partition coefficient (Wildman–Crippen LogP) is 4.69. The smallest absolute Gasteiger partial charge is 0.252 e. The summed E-state index contributed by atoms with van der Waals surface area (Å²) in [5.74, 6) is 0.256. The predicted molar refractivity (Wildman–Crippen MR) is 152 cm³/mol. The topological polar surface area (TPSA) is 85.8 Å². The monoisotopic (exact) mass is 534 g/mol. The second-order valence-electron chi connectivity index (χ2n) is 10.7. The second kappa shape index (κ2) is 11.9. The fourth-order valence-corrected chi connectivity index (χ4v) is 6.67. The maximum Gasteiger partial charge on any atom is 0.252 e. The molecule has 2 fully saturated rings. The molecular formula is C30H38N4O3S. The fraction of sp³-hybridized carbons (Fsp3) is 0.500. The SMILES string of the molecule is C[C@H](O)C(=O)N1CCN(Cc2c(-c3cccs3)nc3ccccc3c2C(=O)N[C@@H](C)C2CCCCC2)CC1. The Bertz CT molecular complexity index is 1260. The van der Waals surface area contributed by atoms with Crippen LogP contribution in [0.25, 0.3) is 21.5 Å². The number of aromatic nitrogens is 1. The Balaban J connectivity index is 1.50. The molecule has 3 heterocycles. The fourth-order valence-electron chi connectivity index (χ4n) is 5.93. The van der Waals surface area contributed by atoms with Gasteiger partial charge in [0.2, 0.25) is 0 Å². The van der Waals surface area contributed by atoms with Gasteiger partial charge in [-0.2, -0.15) is 0 Å². The minimum atomic E-state index is -0.988. The average Bonchev–Trinajstić information content (AvgIpc) is 3.48. The molecule has 1 saturated carbocycles. The quantitative estimate of drug-likeness (QED) is 0.460. The van der Waals surface area contributed by atoms with Crippen molar-refractivity contribution in [2.24, 2.45) is 5.92 Å². The highest BCUT2D eigenvalue weighted by Gasteiger charge is 2.29. The third-order valence-electron chi connectivity index (χ3n) is 8.11. The Hall–Kier alpha value is -2.81. The van der Waals surface area contributed by atoms with E-state index in [4.69, 9.17) is 4.98 Å². The number of amides is 2. The number of nitrogens with zero attached hydrogens (tertiary/aromatic N) is 3. The number of carbonyl (C=O) groups excluding carboxylic acids is 2. The molecule has 38 heavy (non-hydrogen) atoms. The second-order valence-corrected chi connectivity index (χ2v) is 11.7. The van der Waals surface area contributed by atoms with Crippen LogP contribution >= 0.6 is 11.3 Å². The van der Waals surface area contributed by atoms with Crippen molar-refractivity contribution in [1.29, 1.82) is 0 Å². The summed E-state index contributed by atoms with van der Waals surface area (Å²) in [7, 11) is 0. The van der Waals surface area contributed by atoms with E-state index in [2.05, 4.69) is 23.2 Å². The van der Waals surface area contributed by atoms with Crippen LogP contribution in [0.4, 0.5) is 0 Å². The van der Waals surface area contributed by atoms with Crippen molar-refractivity contribution in [2.75, 3.05) is 26.2 Å². The number of benzene rings is 1. The lowest BCUT2D eigenvalue weighted by atomic mass is 9.84. The molecule has 0 unspecified atom stereocenters. The summed E-state index contributed by atoms with van der Waals surface area (Å²) in [6, 6.07) is 12.1. The number of para-hydroxylation sites is 1. The molecule has 2 amide bonds. The summed E-state index contributed by atoms with van der Waals surface area (Å²) in [5.41, 5.74) is 3.33. The highest BCUT2D eigenvalue weighted by Crippen LogP contribution is 2.34. The molecule has 1 aromatic carbocycles. The van der Waals surface area contributed by atoms with Crippen molar-refractivity contribution in [1.82, 2.24) is 20.1 Å². The number of thiophene rings is 1. The van der Waals surface area contributed by atoms with E-state index in [-0.39, 0.29) is 17.9 Å². The molecule has 202 valence electrons. The van der Waals surface area contributed by atoms with Gasteiger partial charge in [-0.3, -0.25) is 14.5 Å². The Morgan fingerprint density at radius 3 is 2.47 bits per heavy atom. The lowest BCUT2D eigenvalue weighted by molar-refractivity contribution is -0.141. The minimum Gasteiger partial charge on any atom is -0.384 e. The van der Waals surface area contributed by atoms with Gasteiger partial charge in [-0.1, -0.05) is 43.5 Å². The molecule has 2 aromatic heterocycles. The summed E-state index contributed by atoms with van der Waals surface area (Å²) >= 11 is 1.63. The van der Waals surface area contributed by atoms with Gasteiger partial charge in [0, 0.05) is 49.7 Å². The van der Waals surface area contributed by atoms with Crippen LogP contribution in [0.3, 0.4) is 0 Å². The van der Waals surface area contributed by atoms with E-state index in [1.54, 1.807) is 16.2 Å². The average molecular weight is 535 g/mol. The molecule has 3 aromatic rings. The van der Waals surface area contributed by atoms with Crippen LogP contribution in [0.5, 0.6) is 0 Å². The first-order valence-electron chi connectivity index (χ1n) is 13.9. The van der Waals surface area contributed by atoms with E-state index in [1.165, 1.54) is 39.0 Å². The van der Waals surface area contributed by atoms with Gasteiger partial charge in [0.25, 0.3) is 11.8 Å². The number of hydrogen-bond donors (Lipinski definition) is 2. The highest BCUT2D eigenvalue weighted by molar-refractivity contribution is 7.13. The highest BCUT2D eigenvalue weighted by atomic mass is 32.1. The van der Waals surface area contributed by atoms with Gasteiger partial charge < -0.3 is 15.3 Å². The normalized spacial score (nSPS) is 18.9. The maximum absolute atomic E-state index is 14.1. The van der Waals surface area contributed by atoms with Crippen LogP contribution in [-0.2, 0) is 11.3 Å². The Labute approximate surface area is 228 Å². The molecule has 1 aliphatic carbocycles. The molecule has 2 atom stereocenters. The number of aliphatic hydroxyl groups is 1. The van der Waals surface area contributed by atoms with Crippen LogP contribution in [0, 0.1) is 5.92 Å². The van der Waals surface area contributed by atoms with Crippen molar-refractivity contribution in [3.05, 3.63) is 52.9 Å². The van der Waals surface area contributed by atoms with Gasteiger partial charge in [-0.15, -0.1) is 11.3 Å². The van der Waals surface area contributed by atoms with E-state index in [0.717, 1.165) is 27.0 Å². The Kier molecular flexibility index (Phi) is 8.41. The number of aliphatic hydroxyl groups excluding tert-OH is 1. The molecule has 0 radical (unpaired) electrons. The first-order chi connectivity index (χ1) is 18.4. The van der Waals surface area contributed by atoms with Crippen molar-refractivity contribution in [2.45, 2.75) is 64.6 Å². The molecule has 2 N–H and O–H groups in total. The maximum atomic E-state index is 14.1. The van der Waals surface area contributed by atoms with Crippen molar-refractivity contribution < 1.29 is 14.7 Å². The number of pyridine rings is 1. The van der Waals surface area contributed by atoms with Crippen LogP contribution in [0.1, 0.15) is 61.9 Å². The van der Waals surface area contributed by atoms with Gasteiger partial charge in [0.15, 0.2) is 0 Å². The number of fused-ring (bicyclic) bond motifs is 1. The molecule has 2 aliphatic rings. The van der Waals surface area contributed by atoms with E-state index in [0.29, 0.717) is 44.2 Å². The minimum absolute atomic E-state index is 0.0302. The first-order valence-corrected chi connectivity index (χ1v) is 14.8. The number of piperazine rings is 1. The van der Waals surface area contributed by atoms with E-state index in [9.17, 15) is 14.7 Å². The van der Waals surface area contributed by atoms with Crippen molar-refractivity contribution >= 4 is 34.1 Å². The van der Waals surface area contributed by atoms with E-state index < -0.39 is 6.10 Å². The lowest BCUT2D eigenvalue weighted by Crippen LogP contribution is -2.50. The zero-order valence-electron chi connectivity index (χ0n) is 22.4. The first kappa shape index (κ1) is 26.8. The third-order valence-corrected chi connectivity index (χ3v) is 8.99. The molecule has 5 rings (SSSR count). The Morgan fingerprint density at radius 1 is 1.05 bits per heavy atom. The van der Waals surface area contributed by atoms with E-state index >= 15 is 0 Å². The number of carbonyl (C=O) groups is 2. The van der Waals surface area contributed by atoms with Crippen LogP contribution < -0.4 is 5.32 Å². The Morgan fingerprint density at radius 2 is 1.79 bits per heavy atom. The molecular weight excluding hydrogens is 496 g/mol. The largest absolute Gasteiger partial charge is 0.384 e. The van der Waals surface area contributed by atoms with Gasteiger partial charge in [-0.25, -0.2) is 4.98 Å². The zero-order valence-corrected chi connectivity index (χ0v) is 23.2. The lowest BCUT2D eigenvalue weighted by Gasteiger charge is -2.36. The molecule has 7 nitrogen and oxygen atoms in total. The molecule has 1 aliphatic heterocycles. The number of hydrogen-bond acceptors (Lipinski definition) is 6. The third kappa shape index (κ3) is 5.77.